The van der Waals surface area contributed by atoms with Crippen LogP contribution in [0.2, 0.25) is 0 Å². The molecule has 0 aromatic carbocycles. The largest absolute Gasteiger partial charge is 0.481 e. The lowest BCUT2D eigenvalue weighted by Gasteiger charge is -2.35. The maximum atomic E-state index is 12.6. The number of aromatic nitrogens is 4. The normalized spacial score (nSPS) is 14.4. The van der Waals surface area contributed by atoms with Crippen LogP contribution in [0.1, 0.15) is 24.0 Å². The molecule has 0 unspecified atom stereocenters. The molecular weight excluding hydrogens is 346 g/mol. The Labute approximate surface area is 159 Å². The Balaban J connectivity index is 1.56. The van der Waals surface area contributed by atoms with Crippen LogP contribution in [-0.4, -0.2) is 64.0 Å². The molecule has 27 heavy (non-hydrogen) atoms. The van der Waals surface area contributed by atoms with E-state index in [0.29, 0.717) is 25.5 Å². The smallest absolute Gasteiger partial charge is 0.317 e. The maximum absolute atomic E-state index is 12.6. The summed E-state index contributed by atoms with van der Waals surface area (Å²) in [4.78, 5) is 25.2. The molecule has 3 rings (SSSR count). The SMILES string of the molecule is CCc1nn(C)c(OC)c1CNC(=O)N1CCN(c2ccnc(C)n2)CC1. The molecule has 146 valence electrons. The molecule has 9 nitrogen and oxygen atoms in total. The van der Waals surface area contributed by atoms with Crippen LogP contribution in [0.15, 0.2) is 12.3 Å². The fourth-order valence-electron chi connectivity index (χ4n) is 3.36. The highest BCUT2D eigenvalue weighted by Gasteiger charge is 2.23. The Bertz CT molecular complexity index is 797. The van der Waals surface area contributed by atoms with E-state index in [0.717, 1.165) is 42.4 Å². The van der Waals surface area contributed by atoms with E-state index in [9.17, 15) is 4.79 Å². The van der Waals surface area contributed by atoms with Crippen molar-refractivity contribution in [3.05, 3.63) is 29.3 Å². The van der Waals surface area contributed by atoms with Gasteiger partial charge in [-0.05, 0) is 19.4 Å². The van der Waals surface area contributed by atoms with Crippen molar-refractivity contribution >= 4 is 11.8 Å². The van der Waals surface area contributed by atoms with Crippen LogP contribution in [0.3, 0.4) is 0 Å². The van der Waals surface area contributed by atoms with E-state index in [-0.39, 0.29) is 6.03 Å². The van der Waals surface area contributed by atoms with Crippen LogP contribution in [-0.2, 0) is 20.0 Å². The van der Waals surface area contributed by atoms with Gasteiger partial charge in [-0.3, -0.25) is 0 Å². The van der Waals surface area contributed by atoms with Crippen LogP contribution < -0.4 is 15.0 Å². The van der Waals surface area contributed by atoms with Crippen LogP contribution in [0.4, 0.5) is 10.6 Å². The number of nitrogens with one attached hydrogen (secondary N) is 1. The molecule has 2 amide bonds. The lowest BCUT2D eigenvalue weighted by molar-refractivity contribution is 0.193. The highest BCUT2D eigenvalue weighted by atomic mass is 16.5. The van der Waals surface area contributed by atoms with Gasteiger partial charge >= 0.3 is 6.03 Å². The van der Waals surface area contributed by atoms with Crippen molar-refractivity contribution in [2.24, 2.45) is 7.05 Å². The predicted octanol–water partition coefficient (Wildman–Crippen LogP) is 1.12. The molecule has 1 aliphatic rings. The van der Waals surface area contributed by atoms with Gasteiger partial charge in [0, 0.05) is 39.4 Å². The van der Waals surface area contributed by atoms with Gasteiger partial charge in [0.2, 0.25) is 5.88 Å². The quantitative estimate of drug-likeness (QED) is 0.845. The summed E-state index contributed by atoms with van der Waals surface area (Å²) >= 11 is 0. The molecule has 1 fully saturated rings. The van der Waals surface area contributed by atoms with Gasteiger partial charge < -0.3 is 19.9 Å². The molecule has 0 spiro atoms. The number of methoxy groups -OCH3 is 1. The average Bonchev–Trinajstić information content (AvgIpc) is 3.00. The Kier molecular flexibility index (Phi) is 5.78. The zero-order valence-electron chi connectivity index (χ0n) is 16.4. The number of rotatable bonds is 5. The minimum absolute atomic E-state index is 0.0681. The van der Waals surface area contributed by atoms with E-state index in [2.05, 4.69) is 25.3 Å². The summed E-state index contributed by atoms with van der Waals surface area (Å²) in [5, 5.41) is 7.45. The Morgan fingerprint density at radius 2 is 2.04 bits per heavy atom. The summed E-state index contributed by atoms with van der Waals surface area (Å²) in [6.07, 6.45) is 2.56. The van der Waals surface area contributed by atoms with Crippen molar-refractivity contribution in [2.75, 3.05) is 38.2 Å². The first kappa shape index (κ1) is 18.9. The fraction of sp³-hybridized carbons (Fsp3) is 0.556. The van der Waals surface area contributed by atoms with Crippen LogP contribution in [0, 0.1) is 6.92 Å². The summed E-state index contributed by atoms with van der Waals surface area (Å²) in [6.45, 7) is 7.13. The molecule has 2 aromatic heterocycles. The second kappa shape index (κ2) is 8.24. The number of amides is 2. The third-order valence-corrected chi connectivity index (χ3v) is 4.77. The lowest BCUT2D eigenvalue weighted by Crippen LogP contribution is -2.52. The van der Waals surface area contributed by atoms with Crippen molar-refractivity contribution in [1.82, 2.24) is 30.0 Å². The molecule has 3 heterocycles. The number of urea groups is 1. The van der Waals surface area contributed by atoms with E-state index in [4.69, 9.17) is 4.74 Å². The highest BCUT2D eigenvalue weighted by Crippen LogP contribution is 2.22. The van der Waals surface area contributed by atoms with Crippen molar-refractivity contribution in [3.63, 3.8) is 0 Å². The van der Waals surface area contributed by atoms with Crippen molar-refractivity contribution < 1.29 is 9.53 Å². The van der Waals surface area contributed by atoms with E-state index in [1.54, 1.807) is 18.0 Å². The number of carbonyl (C=O) groups excluding carboxylic acids is 1. The van der Waals surface area contributed by atoms with Crippen molar-refractivity contribution in [3.8, 4) is 5.88 Å². The second-order valence-corrected chi connectivity index (χ2v) is 6.51. The molecule has 1 N–H and O–H groups in total. The van der Waals surface area contributed by atoms with Crippen LogP contribution in [0.25, 0.3) is 0 Å². The summed E-state index contributed by atoms with van der Waals surface area (Å²) in [5.74, 6) is 2.36. The minimum Gasteiger partial charge on any atom is -0.481 e. The molecular formula is C18H27N7O2. The number of piperazine rings is 1. The number of nitrogens with zero attached hydrogens (tertiary/aromatic N) is 6. The molecule has 0 bridgehead atoms. The Hall–Kier alpha value is -2.84. The molecule has 0 radical (unpaired) electrons. The number of aryl methyl sites for hydroxylation is 3. The first-order chi connectivity index (χ1) is 13.0. The highest BCUT2D eigenvalue weighted by molar-refractivity contribution is 5.74. The molecule has 0 aliphatic carbocycles. The molecule has 2 aromatic rings. The first-order valence-corrected chi connectivity index (χ1v) is 9.19. The molecule has 9 heteroatoms. The zero-order valence-corrected chi connectivity index (χ0v) is 16.4. The van der Waals surface area contributed by atoms with Crippen LogP contribution in [0.5, 0.6) is 5.88 Å². The van der Waals surface area contributed by atoms with Gasteiger partial charge in [0.15, 0.2) is 0 Å². The van der Waals surface area contributed by atoms with Gasteiger partial charge in [0.05, 0.1) is 24.9 Å². The molecule has 0 saturated carbocycles. The van der Waals surface area contributed by atoms with E-state index >= 15 is 0 Å². The van der Waals surface area contributed by atoms with Crippen LogP contribution >= 0.6 is 0 Å². The van der Waals surface area contributed by atoms with E-state index < -0.39 is 0 Å². The number of anilines is 1. The summed E-state index contributed by atoms with van der Waals surface area (Å²) < 4.78 is 7.14. The number of hydrogen-bond acceptors (Lipinski definition) is 6. The summed E-state index contributed by atoms with van der Waals surface area (Å²) in [5.41, 5.74) is 1.88. The third kappa shape index (κ3) is 4.12. The lowest BCUT2D eigenvalue weighted by atomic mass is 10.2. The first-order valence-electron chi connectivity index (χ1n) is 9.19. The second-order valence-electron chi connectivity index (χ2n) is 6.51. The fourth-order valence-corrected chi connectivity index (χ4v) is 3.36. The molecule has 1 aliphatic heterocycles. The molecule has 1 saturated heterocycles. The zero-order chi connectivity index (χ0) is 19.4. The minimum atomic E-state index is -0.0681. The van der Waals surface area contributed by atoms with E-state index in [1.807, 2.05) is 31.9 Å². The van der Waals surface area contributed by atoms with Gasteiger partial charge in [0.25, 0.3) is 0 Å². The van der Waals surface area contributed by atoms with Crippen molar-refractivity contribution in [1.29, 1.82) is 0 Å². The third-order valence-electron chi connectivity index (χ3n) is 4.77. The Morgan fingerprint density at radius 3 is 2.67 bits per heavy atom. The maximum Gasteiger partial charge on any atom is 0.317 e. The summed E-state index contributed by atoms with van der Waals surface area (Å²) in [6, 6.07) is 1.84. The average molecular weight is 373 g/mol. The van der Waals surface area contributed by atoms with Gasteiger partial charge in [0.1, 0.15) is 11.6 Å². The topological polar surface area (TPSA) is 88.4 Å². The van der Waals surface area contributed by atoms with Gasteiger partial charge in [-0.25, -0.2) is 19.4 Å². The van der Waals surface area contributed by atoms with E-state index in [1.165, 1.54) is 0 Å². The summed E-state index contributed by atoms with van der Waals surface area (Å²) in [7, 11) is 3.47. The monoisotopic (exact) mass is 373 g/mol. The Morgan fingerprint density at radius 1 is 1.30 bits per heavy atom. The predicted molar refractivity (Wildman–Crippen MR) is 102 cm³/mol. The number of ether oxygens (including phenoxy) is 1. The van der Waals surface area contributed by atoms with Gasteiger partial charge in [-0.15, -0.1) is 0 Å². The standard InChI is InChI=1S/C18H27N7O2/c1-5-15-14(17(27-4)23(3)22-15)12-20-18(26)25-10-8-24(9-11-25)16-6-7-19-13(2)21-16/h6-7H,5,8-12H2,1-4H3,(H,20,26). The number of hydrogen-bond donors (Lipinski definition) is 1. The van der Waals surface area contributed by atoms with Gasteiger partial charge in [-0.1, -0.05) is 6.92 Å². The van der Waals surface area contributed by atoms with Gasteiger partial charge in [-0.2, -0.15) is 5.10 Å². The van der Waals surface area contributed by atoms with Crippen molar-refractivity contribution in [2.45, 2.75) is 26.8 Å². The number of carbonyl (C=O) groups is 1. The molecule has 0 atom stereocenters.